The van der Waals surface area contributed by atoms with Crippen LogP contribution in [0.4, 0.5) is 15.9 Å². The second-order valence-corrected chi connectivity index (χ2v) is 6.20. The molecule has 0 atom stereocenters. The van der Waals surface area contributed by atoms with Crippen molar-refractivity contribution < 1.29 is 8.96 Å². The number of aryl methyl sites for hydroxylation is 2. The van der Waals surface area contributed by atoms with E-state index in [0.717, 1.165) is 0 Å². The Bertz CT molecular complexity index is 755. The Kier molecular flexibility index (Phi) is 8.33. The average molecular weight is 355 g/mol. The van der Waals surface area contributed by atoms with Crippen LogP contribution < -0.4 is 9.88 Å². The van der Waals surface area contributed by atoms with Crippen molar-refractivity contribution in [1.82, 2.24) is 9.55 Å². The molecule has 0 bridgehead atoms. The van der Waals surface area contributed by atoms with Gasteiger partial charge in [0.15, 0.2) is 0 Å². The van der Waals surface area contributed by atoms with Gasteiger partial charge in [0.05, 0.1) is 19.3 Å². The maximum absolute atomic E-state index is 13.2. The van der Waals surface area contributed by atoms with Gasteiger partial charge < -0.3 is 5.32 Å². The molecule has 0 unspecified atom stereocenters. The zero-order valence-corrected chi connectivity index (χ0v) is 15.6. The van der Waals surface area contributed by atoms with Gasteiger partial charge in [-0.25, -0.2) is 18.5 Å². The zero-order chi connectivity index (χ0) is 18.6. The molecule has 0 saturated heterocycles. The highest BCUT2D eigenvalue weighted by Crippen LogP contribution is 2.16. The van der Waals surface area contributed by atoms with Crippen LogP contribution in [-0.2, 0) is 13.6 Å². The molecule has 1 N–H and O–H groups in total. The molecular formula is C21H28FN4+. The van der Waals surface area contributed by atoms with Gasteiger partial charge in [-0.2, -0.15) is 0 Å². The fraction of sp³-hybridized carbons (Fsp3) is 0.333. The van der Waals surface area contributed by atoms with E-state index in [1.807, 2.05) is 12.1 Å². The lowest BCUT2D eigenvalue weighted by Gasteiger charge is -2.05. The minimum atomic E-state index is -0.279. The fourth-order valence-corrected chi connectivity index (χ4v) is 2.49. The van der Waals surface area contributed by atoms with Crippen LogP contribution in [-0.4, -0.2) is 9.55 Å². The second kappa shape index (κ2) is 11.0. The SMILES string of the molecule is CCCCCC[n+]1ccn(C)c1.Fc1ccccc1Nc1ccccn1. The lowest BCUT2D eigenvalue weighted by molar-refractivity contribution is -0.696. The van der Waals surface area contributed by atoms with Crippen molar-refractivity contribution in [2.45, 2.75) is 39.2 Å². The maximum Gasteiger partial charge on any atom is 0.243 e. The fourth-order valence-electron chi connectivity index (χ4n) is 2.49. The molecule has 0 amide bonds. The molecule has 2 aromatic heterocycles. The van der Waals surface area contributed by atoms with Crippen molar-refractivity contribution >= 4 is 11.5 Å². The average Bonchev–Trinajstić information content (AvgIpc) is 3.07. The van der Waals surface area contributed by atoms with Crippen molar-refractivity contribution in [3.8, 4) is 0 Å². The van der Waals surface area contributed by atoms with Crippen LogP contribution in [0.5, 0.6) is 0 Å². The van der Waals surface area contributed by atoms with E-state index >= 15 is 0 Å². The third-order valence-corrected chi connectivity index (χ3v) is 3.90. The number of pyridine rings is 1. The number of anilines is 2. The Morgan fingerprint density at radius 1 is 1.08 bits per heavy atom. The van der Waals surface area contributed by atoms with Gasteiger partial charge >= 0.3 is 0 Å². The van der Waals surface area contributed by atoms with Crippen molar-refractivity contribution in [3.63, 3.8) is 0 Å². The lowest BCUT2D eigenvalue weighted by Crippen LogP contribution is -2.30. The van der Waals surface area contributed by atoms with Crippen molar-refractivity contribution in [1.29, 1.82) is 0 Å². The predicted octanol–water partition coefficient (Wildman–Crippen LogP) is 4.86. The molecule has 0 aliphatic carbocycles. The highest BCUT2D eigenvalue weighted by molar-refractivity contribution is 5.56. The monoisotopic (exact) mass is 355 g/mol. The molecule has 0 spiro atoms. The second-order valence-electron chi connectivity index (χ2n) is 6.20. The summed E-state index contributed by atoms with van der Waals surface area (Å²) in [5, 5.41) is 2.89. The summed E-state index contributed by atoms with van der Waals surface area (Å²) >= 11 is 0. The quantitative estimate of drug-likeness (QED) is 0.485. The van der Waals surface area contributed by atoms with Gasteiger partial charge in [0.25, 0.3) is 0 Å². The van der Waals surface area contributed by atoms with E-state index in [0.29, 0.717) is 11.5 Å². The molecule has 0 aliphatic rings. The van der Waals surface area contributed by atoms with Crippen LogP contribution in [0.15, 0.2) is 67.4 Å². The number of aromatic nitrogens is 3. The number of unbranched alkanes of at least 4 members (excludes halogenated alkanes) is 3. The molecule has 3 rings (SSSR count). The number of halogens is 1. The summed E-state index contributed by atoms with van der Waals surface area (Å²) in [5.41, 5.74) is 0.436. The van der Waals surface area contributed by atoms with Gasteiger partial charge in [0.1, 0.15) is 24.0 Å². The third-order valence-electron chi connectivity index (χ3n) is 3.90. The molecule has 5 heteroatoms. The Morgan fingerprint density at radius 2 is 1.88 bits per heavy atom. The van der Waals surface area contributed by atoms with E-state index in [2.05, 4.69) is 52.1 Å². The third kappa shape index (κ3) is 7.05. The summed E-state index contributed by atoms with van der Waals surface area (Å²) < 4.78 is 17.5. The molecule has 26 heavy (non-hydrogen) atoms. The number of rotatable bonds is 7. The highest BCUT2D eigenvalue weighted by Gasteiger charge is 2.00. The van der Waals surface area contributed by atoms with Crippen molar-refractivity contribution in [3.05, 3.63) is 73.2 Å². The summed E-state index contributed by atoms with van der Waals surface area (Å²) in [5.74, 6) is 0.357. The van der Waals surface area contributed by atoms with E-state index in [-0.39, 0.29) is 5.82 Å². The summed E-state index contributed by atoms with van der Waals surface area (Å²) in [6.07, 6.45) is 13.4. The summed E-state index contributed by atoms with van der Waals surface area (Å²) in [6.45, 7) is 3.41. The molecule has 3 aromatic rings. The van der Waals surface area contributed by atoms with Crippen LogP contribution in [0, 0.1) is 5.82 Å². The summed E-state index contributed by atoms with van der Waals surface area (Å²) in [4.78, 5) is 4.04. The summed E-state index contributed by atoms with van der Waals surface area (Å²) in [6, 6.07) is 11.9. The molecular weight excluding hydrogens is 327 g/mol. The van der Waals surface area contributed by atoms with Crippen LogP contribution >= 0.6 is 0 Å². The minimum Gasteiger partial charge on any atom is -0.338 e. The van der Waals surface area contributed by atoms with Gasteiger partial charge in [-0.15, -0.1) is 0 Å². The molecule has 2 heterocycles. The number of imidazole rings is 1. The largest absolute Gasteiger partial charge is 0.338 e. The predicted molar refractivity (Wildman–Crippen MR) is 104 cm³/mol. The Balaban J connectivity index is 0.000000190. The number of hydrogen-bond acceptors (Lipinski definition) is 2. The maximum atomic E-state index is 13.2. The highest BCUT2D eigenvalue weighted by atomic mass is 19.1. The number of para-hydroxylation sites is 1. The van der Waals surface area contributed by atoms with Crippen molar-refractivity contribution in [2.24, 2.45) is 7.05 Å². The van der Waals surface area contributed by atoms with Crippen LogP contribution in [0.2, 0.25) is 0 Å². The van der Waals surface area contributed by atoms with E-state index in [1.54, 1.807) is 30.5 Å². The molecule has 0 fully saturated rings. The number of hydrogen-bond donors (Lipinski definition) is 1. The first-order valence-corrected chi connectivity index (χ1v) is 9.12. The van der Waals surface area contributed by atoms with Crippen molar-refractivity contribution in [2.75, 3.05) is 5.32 Å². The van der Waals surface area contributed by atoms with Crippen LogP contribution in [0.1, 0.15) is 32.6 Å². The lowest BCUT2D eigenvalue weighted by atomic mass is 10.2. The molecule has 4 nitrogen and oxygen atoms in total. The van der Waals surface area contributed by atoms with E-state index in [4.69, 9.17) is 0 Å². The molecule has 1 aromatic carbocycles. The molecule has 0 saturated carbocycles. The topological polar surface area (TPSA) is 33.7 Å². The number of benzene rings is 1. The van der Waals surface area contributed by atoms with Gasteiger partial charge in [-0.3, -0.25) is 0 Å². The molecule has 0 radical (unpaired) electrons. The molecule has 0 aliphatic heterocycles. The van der Waals surface area contributed by atoms with E-state index in [9.17, 15) is 4.39 Å². The Hall–Kier alpha value is -2.69. The number of nitrogens with one attached hydrogen (secondary N) is 1. The molecule has 138 valence electrons. The summed E-state index contributed by atoms with van der Waals surface area (Å²) in [7, 11) is 2.06. The first-order valence-electron chi connectivity index (χ1n) is 9.12. The van der Waals surface area contributed by atoms with Gasteiger partial charge in [-0.05, 0) is 37.1 Å². The van der Waals surface area contributed by atoms with Gasteiger partial charge in [0, 0.05) is 6.20 Å². The van der Waals surface area contributed by atoms with E-state index in [1.165, 1.54) is 38.3 Å². The smallest absolute Gasteiger partial charge is 0.243 e. The van der Waals surface area contributed by atoms with Gasteiger partial charge in [-0.1, -0.05) is 38.0 Å². The Labute approximate surface area is 155 Å². The number of nitrogens with zero attached hydrogens (tertiary/aromatic N) is 3. The van der Waals surface area contributed by atoms with Gasteiger partial charge in [0.2, 0.25) is 6.33 Å². The first-order chi connectivity index (χ1) is 12.7. The van der Waals surface area contributed by atoms with Crippen LogP contribution in [0.25, 0.3) is 0 Å². The van der Waals surface area contributed by atoms with E-state index < -0.39 is 0 Å². The minimum absolute atomic E-state index is 0.279. The Morgan fingerprint density at radius 3 is 2.54 bits per heavy atom. The standard InChI is InChI=1S/C11H9FN2.C10H19N2/c12-9-5-1-2-6-10(9)14-11-7-3-4-8-13-11;1-3-4-5-6-7-12-9-8-11(2)10-12/h1-8H,(H,13,14);8-10H,3-7H2,1-2H3/q;+1. The van der Waals surface area contributed by atoms with Crippen LogP contribution in [0.3, 0.4) is 0 Å². The first kappa shape index (κ1) is 19.6. The zero-order valence-electron chi connectivity index (χ0n) is 15.6. The normalized spacial score (nSPS) is 10.1.